The second kappa shape index (κ2) is 5.00. The van der Waals surface area contributed by atoms with E-state index >= 15 is 0 Å². The molecule has 2 amide bonds. The number of rotatable bonds is 0. The standard InChI is InChI=1S/C13H23N3O3/c1-9-11(17)16-6-5-15(8-10(16)7-14-9)12(18)19-13(2,3)4/h9-10,14H,5-8H2,1-4H3/t9-,10+/m1/s1. The number of nitrogens with zero attached hydrogens (tertiary/aromatic N) is 2. The van der Waals surface area contributed by atoms with Gasteiger partial charge in [-0.2, -0.15) is 0 Å². The molecule has 6 heteroatoms. The van der Waals surface area contributed by atoms with Gasteiger partial charge in [0.2, 0.25) is 5.91 Å². The molecular formula is C13H23N3O3. The van der Waals surface area contributed by atoms with Crippen LogP contribution in [0.4, 0.5) is 4.79 Å². The van der Waals surface area contributed by atoms with Crippen LogP contribution in [-0.2, 0) is 9.53 Å². The molecule has 19 heavy (non-hydrogen) atoms. The van der Waals surface area contributed by atoms with E-state index in [1.807, 2.05) is 32.6 Å². The molecule has 2 atom stereocenters. The molecule has 0 aliphatic carbocycles. The molecule has 0 unspecified atom stereocenters. The van der Waals surface area contributed by atoms with Crippen molar-refractivity contribution in [3.8, 4) is 0 Å². The molecule has 2 fully saturated rings. The number of carbonyl (C=O) groups excluding carboxylic acids is 2. The normalized spacial score (nSPS) is 28.1. The van der Waals surface area contributed by atoms with Gasteiger partial charge in [0.1, 0.15) is 5.60 Å². The number of ether oxygens (including phenoxy) is 1. The van der Waals surface area contributed by atoms with E-state index in [1.165, 1.54) is 0 Å². The van der Waals surface area contributed by atoms with Gasteiger partial charge in [0.05, 0.1) is 12.1 Å². The van der Waals surface area contributed by atoms with Crippen LogP contribution in [0.25, 0.3) is 0 Å². The van der Waals surface area contributed by atoms with E-state index in [0.717, 1.165) is 6.54 Å². The molecule has 6 nitrogen and oxygen atoms in total. The zero-order valence-electron chi connectivity index (χ0n) is 12.1. The maximum Gasteiger partial charge on any atom is 0.410 e. The molecule has 2 aliphatic heterocycles. The molecule has 0 aromatic carbocycles. The Morgan fingerprint density at radius 1 is 1.37 bits per heavy atom. The molecule has 0 radical (unpaired) electrons. The smallest absolute Gasteiger partial charge is 0.410 e. The van der Waals surface area contributed by atoms with Gasteiger partial charge in [0, 0.05) is 26.2 Å². The van der Waals surface area contributed by atoms with E-state index < -0.39 is 5.60 Å². The maximum absolute atomic E-state index is 12.0. The summed E-state index contributed by atoms with van der Waals surface area (Å²) in [6.07, 6.45) is -0.293. The van der Waals surface area contributed by atoms with Gasteiger partial charge in [-0.05, 0) is 27.7 Å². The Morgan fingerprint density at radius 2 is 2.05 bits per heavy atom. The predicted octanol–water partition coefficient (Wildman–Crippen LogP) is 0.426. The van der Waals surface area contributed by atoms with Crippen LogP contribution in [0.3, 0.4) is 0 Å². The van der Waals surface area contributed by atoms with Crippen molar-refractivity contribution < 1.29 is 14.3 Å². The van der Waals surface area contributed by atoms with Crippen molar-refractivity contribution in [3.63, 3.8) is 0 Å². The van der Waals surface area contributed by atoms with E-state index in [1.54, 1.807) is 4.90 Å². The molecule has 0 bridgehead atoms. The Hall–Kier alpha value is -1.30. The predicted molar refractivity (Wildman–Crippen MR) is 70.8 cm³/mol. The fourth-order valence-electron chi connectivity index (χ4n) is 2.46. The summed E-state index contributed by atoms with van der Waals surface area (Å²) in [5.74, 6) is 0.125. The lowest BCUT2D eigenvalue weighted by Crippen LogP contribution is -2.66. The first-order valence-corrected chi connectivity index (χ1v) is 6.80. The minimum Gasteiger partial charge on any atom is -0.444 e. The third kappa shape index (κ3) is 3.18. The van der Waals surface area contributed by atoms with Gasteiger partial charge in [0.25, 0.3) is 0 Å². The largest absolute Gasteiger partial charge is 0.444 e. The Morgan fingerprint density at radius 3 is 2.68 bits per heavy atom. The fourth-order valence-corrected chi connectivity index (χ4v) is 2.46. The van der Waals surface area contributed by atoms with Crippen molar-refractivity contribution in [2.45, 2.75) is 45.4 Å². The van der Waals surface area contributed by atoms with Crippen molar-refractivity contribution >= 4 is 12.0 Å². The van der Waals surface area contributed by atoms with E-state index in [4.69, 9.17) is 4.74 Å². The fraction of sp³-hybridized carbons (Fsp3) is 0.846. The van der Waals surface area contributed by atoms with Crippen LogP contribution in [0.15, 0.2) is 0 Å². The number of amides is 2. The topological polar surface area (TPSA) is 61.9 Å². The van der Waals surface area contributed by atoms with Crippen LogP contribution in [0.2, 0.25) is 0 Å². The van der Waals surface area contributed by atoms with Crippen LogP contribution in [-0.4, -0.2) is 65.7 Å². The van der Waals surface area contributed by atoms with Crippen LogP contribution in [0, 0.1) is 0 Å². The summed E-state index contributed by atoms with van der Waals surface area (Å²) in [4.78, 5) is 27.6. The number of hydrogen-bond donors (Lipinski definition) is 1. The lowest BCUT2D eigenvalue weighted by atomic mass is 10.1. The van der Waals surface area contributed by atoms with Gasteiger partial charge in [-0.1, -0.05) is 0 Å². The number of piperazine rings is 2. The minimum atomic E-state index is -0.483. The number of carbonyl (C=O) groups is 2. The van der Waals surface area contributed by atoms with Gasteiger partial charge in [-0.3, -0.25) is 4.79 Å². The lowest BCUT2D eigenvalue weighted by Gasteiger charge is -2.45. The summed E-state index contributed by atoms with van der Waals surface area (Å²) in [6.45, 7) is 9.85. The first kappa shape index (κ1) is 14.1. The van der Waals surface area contributed by atoms with Crippen LogP contribution in [0.1, 0.15) is 27.7 Å². The molecule has 0 spiro atoms. The monoisotopic (exact) mass is 269 g/mol. The highest BCUT2D eigenvalue weighted by Crippen LogP contribution is 2.17. The van der Waals surface area contributed by atoms with Gasteiger partial charge in [-0.25, -0.2) is 4.79 Å². The molecule has 0 saturated carbocycles. The van der Waals surface area contributed by atoms with Gasteiger partial charge in [-0.15, -0.1) is 0 Å². The zero-order chi connectivity index (χ0) is 14.2. The molecule has 0 aromatic rings. The zero-order valence-corrected chi connectivity index (χ0v) is 12.1. The first-order chi connectivity index (χ1) is 8.78. The van der Waals surface area contributed by atoms with E-state index in [9.17, 15) is 9.59 Å². The Kier molecular flexibility index (Phi) is 3.71. The molecule has 1 N–H and O–H groups in total. The summed E-state index contributed by atoms with van der Waals surface area (Å²) < 4.78 is 5.37. The van der Waals surface area contributed by atoms with Gasteiger partial charge in [0.15, 0.2) is 0 Å². The Bertz CT molecular complexity index is 378. The van der Waals surface area contributed by atoms with Crippen molar-refractivity contribution in [1.82, 2.24) is 15.1 Å². The summed E-state index contributed by atoms with van der Waals surface area (Å²) in [5, 5.41) is 3.17. The highest BCUT2D eigenvalue weighted by atomic mass is 16.6. The van der Waals surface area contributed by atoms with Crippen molar-refractivity contribution in [1.29, 1.82) is 0 Å². The number of fused-ring (bicyclic) bond motifs is 1. The number of nitrogens with one attached hydrogen (secondary N) is 1. The maximum atomic E-state index is 12.0. The van der Waals surface area contributed by atoms with Crippen molar-refractivity contribution in [2.24, 2.45) is 0 Å². The summed E-state index contributed by atoms with van der Waals surface area (Å²) in [7, 11) is 0. The lowest BCUT2D eigenvalue weighted by molar-refractivity contribution is -0.141. The highest BCUT2D eigenvalue weighted by molar-refractivity contribution is 5.83. The molecule has 108 valence electrons. The molecule has 0 aromatic heterocycles. The summed E-state index contributed by atoms with van der Waals surface area (Å²) >= 11 is 0. The molecule has 2 rings (SSSR count). The van der Waals surface area contributed by atoms with Gasteiger partial charge >= 0.3 is 6.09 Å². The minimum absolute atomic E-state index is 0.0602. The first-order valence-electron chi connectivity index (χ1n) is 6.80. The van der Waals surface area contributed by atoms with E-state index in [-0.39, 0.29) is 24.1 Å². The van der Waals surface area contributed by atoms with Crippen LogP contribution < -0.4 is 5.32 Å². The van der Waals surface area contributed by atoms with Crippen LogP contribution in [0.5, 0.6) is 0 Å². The van der Waals surface area contributed by atoms with Crippen molar-refractivity contribution in [3.05, 3.63) is 0 Å². The van der Waals surface area contributed by atoms with E-state index in [0.29, 0.717) is 19.6 Å². The quantitative estimate of drug-likeness (QED) is 0.692. The Labute approximate surface area is 114 Å². The number of hydrogen-bond acceptors (Lipinski definition) is 4. The third-order valence-electron chi connectivity index (χ3n) is 3.45. The van der Waals surface area contributed by atoms with Gasteiger partial charge < -0.3 is 19.9 Å². The SMILES string of the molecule is C[C@H]1NC[C@H]2CN(C(=O)OC(C)(C)C)CCN2C1=O. The summed E-state index contributed by atoms with van der Waals surface area (Å²) in [6, 6.07) is -0.0608. The average Bonchev–Trinajstić information content (AvgIpc) is 2.31. The molecule has 2 saturated heterocycles. The molecule has 2 heterocycles. The molecular weight excluding hydrogens is 246 g/mol. The average molecular weight is 269 g/mol. The Balaban J connectivity index is 1.96. The van der Waals surface area contributed by atoms with E-state index in [2.05, 4.69) is 5.32 Å². The highest BCUT2D eigenvalue weighted by Gasteiger charge is 2.38. The van der Waals surface area contributed by atoms with Crippen LogP contribution >= 0.6 is 0 Å². The summed E-state index contributed by atoms with van der Waals surface area (Å²) in [5.41, 5.74) is -0.483. The van der Waals surface area contributed by atoms with Crippen molar-refractivity contribution in [2.75, 3.05) is 26.2 Å². The second-order valence-corrected chi connectivity index (χ2v) is 6.24. The third-order valence-corrected chi connectivity index (χ3v) is 3.45. The second-order valence-electron chi connectivity index (χ2n) is 6.24. The molecule has 2 aliphatic rings.